The molecule has 0 bridgehead atoms. The SMILES string of the molecule is Cc1c(C(=O)NCc2ccco2)c(-c2ccccc2)nn1-c1ccccc1. The van der Waals surface area contributed by atoms with Gasteiger partial charge in [0.05, 0.1) is 29.8 Å². The van der Waals surface area contributed by atoms with Crippen LogP contribution in [0.3, 0.4) is 0 Å². The molecule has 0 saturated heterocycles. The van der Waals surface area contributed by atoms with Crippen LogP contribution in [0.4, 0.5) is 0 Å². The molecule has 27 heavy (non-hydrogen) atoms. The van der Waals surface area contributed by atoms with Crippen LogP contribution in [0.5, 0.6) is 0 Å². The van der Waals surface area contributed by atoms with E-state index in [0.717, 1.165) is 16.9 Å². The molecule has 134 valence electrons. The fraction of sp³-hybridized carbons (Fsp3) is 0.0909. The molecule has 0 aliphatic rings. The average molecular weight is 357 g/mol. The van der Waals surface area contributed by atoms with E-state index in [1.807, 2.05) is 78.3 Å². The Labute approximate surface area is 157 Å². The summed E-state index contributed by atoms with van der Waals surface area (Å²) >= 11 is 0. The summed E-state index contributed by atoms with van der Waals surface area (Å²) < 4.78 is 7.11. The van der Waals surface area contributed by atoms with E-state index in [9.17, 15) is 4.79 Å². The molecule has 0 aliphatic heterocycles. The minimum atomic E-state index is -0.176. The van der Waals surface area contributed by atoms with Gasteiger partial charge in [0.25, 0.3) is 5.91 Å². The zero-order chi connectivity index (χ0) is 18.6. The highest BCUT2D eigenvalue weighted by atomic mass is 16.3. The Morgan fingerprint density at radius 1 is 1.00 bits per heavy atom. The molecule has 0 spiro atoms. The van der Waals surface area contributed by atoms with E-state index in [1.54, 1.807) is 12.3 Å². The lowest BCUT2D eigenvalue weighted by Crippen LogP contribution is -2.23. The Balaban J connectivity index is 1.76. The van der Waals surface area contributed by atoms with Crippen molar-refractivity contribution in [1.29, 1.82) is 0 Å². The first-order chi connectivity index (χ1) is 13.2. The van der Waals surface area contributed by atoms with E-state index in [1.165, 1.54) is 0 Å². The van der Waals surface area contributed by atoms with E-state index < -0.39 is 0 Å². The Morgan fingerprint density at radius 3 is 2.37 bits per heavy atom. The van der Waals surface area contributed by atoms with Gasteiger partial charge in [-0.3, -0.25) is 4.79 Å². The number of para-hydroxylation sites is 1. The lowest BCUT2D eigenvalue weighted by atomic mass is 10.1. The number of carbonyl (C=O) groups is 1. The van der Waals surface area contributed by atoms with Crippen LogP contribution in [0.1, 0.15) is 21.8 Å². The van der Waals surface area contributed by atoms with Gasteiger partial charge >= 0.3 is 0 Å². The van der Waals surface area contributed by atoms with E-state index in [4.69, 9.17) is 9.52 Å². The molecule has 5 heteroatoms. The highest BCUT2D eigenvalue weighted by Crippen LogP contribution is 2.27. The number of benzene rings is 2. The standard InChI is InChI=1S/C22H19N3O2/c1-16-20(22(26)23-15-19-13-8-14-27-19)21(17-9-4-2-5-10-17)24-25(16)18-11-6-3-7-12-18/h2-14H,15H2,1H3,(H,23,26). The lowest BCUT2D eigenvalue weighted by molar-refractivity contribution is 0.0948. The number of nitrogens with zero attached hydrogens (tertiary/aromatic N) is 2. The Morgan fingerprint density at radius 2 is 1.70 bits per heavy atom. The molecule has 0 saturated carbocycles. The number of nitrogens with one attached hydrogen (secondary N) is 1. The quantitative estimate of drug-likeness (QED) is 0.577. The third kappa shape index (κ3) is 3.40. The normalized spacial score (nSPS) is 10.7. The molecule has 2 aromatic carbocycles. The van der Waals surface area contributed by atoms with Crippen molar-refractivity contribution < 1.29 is 9.21 Å². The van der Waals surface area contributed by atoms with Gasteiger partial charge in [-0.1, -0.05) is 48.5 Å². The van der Waals surface area contributed by atoms with Gasteiger partial charge in [0.2, 0.25) is 0 Å². The molecular formula is C22H19N3O2. The molecule has 1 amide bonds. The Hall–Kier alpha value is -3.60. The molecule has 4 aromatic rings. The summed E-state index contributed by atoms with van der Waals surface area (Å²) in [4.78, 5) is 13.0. The molecule has 0 atom stereocenters. The molecule has 1 N–H and O–H groups in total. The topological polar surface area (TPSA) is 60.1 Å². The zero-order valence-electron chi connectivity index (χ0n) is 14.9. The van der Waals surface area contributed by atoms with Crippen LogP contribution >= 0.6 is 0 Å². The summed E-state index contributed by atoms with van der Waals surface area (Å²) in [7, 11) is 0. The number of amides is 1. The molecule has 0 aliphatic carbocycles. The van der Waals surface area contributed by atoms with Crippen molar-refractivity contribution in [1.82, 2.24) is 15.1 Å². The number of hydrogen-bond donors (Lipinski definition) is 1. The number of hydrogen-bond acceptors (Lipinski definition) is 3. The van der Waals surface area contributed by atoms with Crippen molar-refractivity contribution in [2.75, 3.05) is 0 Å². The fourth-order valence-corrected chi connectivity index (χ4v) is 3.06. The minimum absolute atomic E-state index is 0.176. The second-order valence-corrected chi connectivity index (χ2v) is 6.18. The first kappa shape index (κ1) is 16.8. The molecule has 0 radical (unpaired) electrons. The highest BCUT2D eigenvalue weighted by Gasteiger charge is 2.23. The third-order valence-electron chi connectivity index (χ3n) is 4.39. The van der Waals surface area contributed by atoms with Crippen LogP contribution in [-0.2, 0) is 6.54 Å². The van der Waals surface area contributed by atoms with Crippen LogP contribution in [-0.4, -0.2) is 15.7 Å². The smallest absolute Gasteiger partial charge is 0.255 e. The van der Waals surface area contributed by atoms with Gasteiger partial charge < -0.3 is 9.73 Å². The zero-order valence-corrected chi connectivity index (χ0v) is 14.9. The Bertz CT molecular complexity index is 1040. The number of aromatic nitrogens is 2. The summed E-state index contributed by atoms with van der Waals surface area (Å²) in [5, 5.41) is 7.68. The predicted molar refractivity (Wildman–Crippen MR) is 104 cm³/mol. The summed E-state index contributed by atoms with van der Waals surface area (Å²) in [5.41, 5.74) is 3.83. The largest absolute Gasteiger partial charge is 0.467 e. The summed E-state index contributed by atoms with van der Waals surface area (Å²) in [6, 6.07) is 23.2. The van der Waals surface area contributed by atoms with Crippen LogP contribution in [0.2, 0.25) is 0 Å². The first-order valence-electron chi connectivity index (χ1n) is 8.75. The van der Waals surface area contributed by atoms with Gasteiger partial charge in [0.1, 0.15) is 11.5 Å². The molecular weight excluding hydrogens is 338 g/mol. The first-order valence-corrected chi connectivity index (χ1v) is 8.75. The summed E-state index contributed by atoms with van der Waals surface area (Å²) in [6.07, 6.45) is 1.59. The van der Waals surface area contributed by atoms with Crippen molar-refractivity contribution >= 4 is 5.91 Å². The molecule has 0 fully saturated rings. The maximum Gasteiger partial charge on any atom is 0.255 e. The predicted octanol–water partition coefficient (Wildman–Crippen LogP) is 4.37. The number of rotatable bonds is 5. The second-order valence-electron chi connectivity index (χ2n) is 6.18. The van der Waals surface area contributed by atoms with Gasteiger partial charge in [-0.15, -0.1) is 0 Å². The van der Waals surface area contributed by atoms with Crippen molar-refractivity contribution in [3.63, 3.8) is 0 Å². The van der Waals surface area contributed by atoms with Crippen molar-refractivity contribution in [2.45, 2.75) is 13.5 Å². The second kappa shape index (κ2) is 7.33. The van der Waals surface area contributed by atoms with E-state index in [-0.39, 0.29) is 5.91 Å². The number of carbonyl (C=O) groups excluding carboxylic acids is 1. The monoisotopic (exact) mass is 357 g/mol. The summed E-state index contributed by atoms with van der Waals surface area (Å²) in [5.74, 6) is 0.530. The van der Waals surface area contributed by atoms with Crippen LogP contribution in [0.25, 0.3) is 16.9 Å². The van der Waals surface area contributed by atoms with Crippen molar-refractivity contribution in [2.24, 2.45) is 0 Å². The lowest BCUT2D eigenvalue weighted by Gasteiger charge is -2.06. The minimum Gasteiger partial charge on any atom is -0.467 e. The summed E-state index contributed by atoms with van der Waals surface area (Å²) in [6.45, 7) is 2.24. The maximum absolute atomic E-state index is 13.0. The molecule has 2 heterocycles. The van der Waals surface area contributed by atoms with E-state index >= 15 is 0 Å². The average Bonchev–Trinajstić information content (AvgIpc) is 3.35. The van der Waals surface area contributed by atoms with Crippen LogP contribution < -0.4 is 5.32 Å². The van der Waals surface area contributed by atoms with Gasteiger partial charge in [0, 0.05) is 5.56 Å². The van der Waals surface area contributed by atoms with Crippen molar-refractivity contribution in [3.05, 3.63) is 96.1 Å². The fourth-order valence-electron chi connectivity index (χ4n) is 3.06. The van der Waals surface area contributed by atoms with Gasteiger partial charge in [-0.25, -0.2) is 4.68 Å². The molecule has 2 aromatic heterocycles. The van der Waals surface area contributed by atoms with E-state index in [0.29, 0.717) is 23.6 Å². The van der Waals surface area contributed by atoms with Crippen LogP contribution in [0.15, 0.2) is 83.5 Å². The van der Waals surface area contributed by atoms with Gasteiger partial charge in [-0.05, 0) is 31.2 Å². The van der Waals surface area contributed by atoms with Gasteiger partial charge in [-0.2, -0.15) is 5.10 Å². The molecule has 4 rings (SSSR count). The Kier molecular flexibility index (Phi) is 4.58. The number of furan rings is 1. The highest BCUT2D eigenvalue weighted by molar-refractivity contribution is 6.01. The molecule has 0 unspecified atom stereocenters. The van der Waals surface area contributed by atoms with Crippen molar-refractivity contribution in [3.8, 4) is 16.9 Å². The van der Waals surface area contributed by atoms with Gasteiger partial charge in [0.15, 0.2) is 0 Å². The molecule has 5 nitrogen and oxygen atoms in total. The third-order valence-corrected chi connectivity index (χ3v) is 4.39. The van der Waals surface area contributed by atoms with E-state index in [2.05, 4.69) is 5.32 Å². The maximum atomic E-state index is 13.0. The van der Waals surface area contributed by atoms with Crippen LogP contribution in [0, 0.1) is 6.92 Å².